The van der Waals surface area contributed by atoms with Gasteiger partial charge in [0.2, 0.25) is 0 Å². The van der Waals surface area contributed by atoms with Crippen molar-refractivity contribution in [3.05, 3.63) is 16.4 Å². The lowest BCUT2D eigenvalue weighted by atomic mass is 10.1. The van der Waals surface area contributed by atoms with Gasteiger partial charge in [-0.3, -0.25) is 9.58 Å². The lowest BCUT2D eigenvalue weighted by molar-refractivity contribution is 0.225. The van der Waals surface area contributed by atoms with Crippen molar-refractivity contribution in [1.82, 2.24) is 14.7 Å². The normalized spacial score (nSPS) is 16.2. The largest absolute Gasteiger partial charge is 0.296 e. The SMILES string of the molecule is Cc1nn(C)c(Cl)c1CN(CC(C)C)C1CC1. The quantitative estimate of drug-likeness (QED) is 0.807. The van der Waals surface area contributed by atoms with Crippen molar-refractivity contribution in [1.29, 1.82) is 0 Å². The molecule has 1 aliphatic carbocycles. The van der Waals surface area contributed by atoms with Crippen LogP contribution in [0.15, 0.2) is 0 Å². The van der Waals surface area contributed by atoms with Gasteiger partial charge in [0.1, 0.15) is 5.15 Å². The van der Waals surface area contributed by atoms with E-state index in [0.29, 0.717) is 5.92 Å². The molecule has 0 atom stereocenters. The smallest absolute Gasteiger partial charge is 0.131 e. The predicted octanol–water partition coefficient (Wildman–Crippen LogP) is 3.00. The maximum Gasteiger partial charge on any atom is 0.131 e. The zero-order valence-electron chi connectivity index (χ0n) is 11.2. The van der Waals surface area contributed by atoms with Crippen LogP contribution < -0.4 is 0 Å². The fourth-order valence-corrected chi connectivity index (χ4v) is 2.54. The number of aryl methyl sites for hydroxylation is 2. The first kappa shape index (κ1) is 12.9. The molecule has 1 aromatic heterocycles. The van der Waals surface area contributed by atoms with Crippen LogP contribution in [0.3, 0.4) is 0 Å². The number of aromatic nitrogens is 2. The summed E-state index contributed by atoms with van der Waals surface area (Å²) in [4.78, 5) is 2.56. The summed E-state index contributed by atoms with van der Waals surface area (Å²) in [7, 11) is 1.91. The molecular weight excluding hydrogens is 234 g/mol. The standard InChI is InChI=1S/C13H22ClN3/c1-9(2)7-17(11-5-6-11)8-12-10(3)15-16(4)13(12)14/h9,11H,5-8H2,1-4H3. The molecule has 0 amide bonds. The summed E-state index contributed by atoms with van der Waals surface area (Å²) in [6.07, 6.45) is 2.67. The van der Waals surface area contributed by atoms with Gasteiger partial charge in [-0.2, -0.15) is 5.10 Å². The number of hydrogen-bond donors (Lipinski definition) is 0. The molecule has 1 heterocycles. The van der Waals surface area contributed by atoms with Crippen LogP contribution in [-0.4, -0.2) is 27.3 Å². The lowest BCUT2D eigenvalue weighted by Gasteiger charge is -2.23. The van der Waals surface area contributed by atoms with Crippen molar-refractivity contribution in [3.63, 3.8) is 0 Å². The van der Waals surface area contributed by atoms with E-state index in [-0.39, 0.29) is 0 Å². The zero-order chi connectivity index (χ0) is 12.6. The van der Waals surface area contributed by atoms with Crippen molar-refractivity contribution in [2.75, 3.05) is 6.54 Å². The molecule has 17 heavy (non-hydrogen) atoms. The van der Waals surface area contributed by atoms with Crippen molar-refractivity contribution in [3.8, 4) is 0 Å². The summed E-state index contributed by atoms with van der Waals surface area (Å²) >= 11 is 6.29. The average molecular weight is 256 g/mol. The lowest BCUT2D eigenvalue weighted by Crippen LogP contribution is -2.29. The van der Waals surface area contributed by atoms with E-state index in [1.807, 2.05) is 14.0 Å². The van der Waals surface area contributed by atoms with Crippen LogP contribution in [-0.2, 0) is 13.6 Å². The number of rotatable bonds is 5. The van der Waals surface area contributed by atoms with E-state index in [9.17, 15) is 0 Å². The van der Waals surface area contributed by atoms with E-state index in [2.05, 4.69) is 23.8 Å². The first-order chi connectivity index (χ1) is 7.99. The van der Waals surface area contributed by atoms with Crippen molar-refractivity contribution >= 4 is 11.6 Å². The number of halogens is 1. The highest BCUT2D eigenvalue weighted by Gasteiger charge is 2.30. The number of hydrogen-bond acceptors (Lipinski definition) is 2. The van der Waals surface area contributed by atoms with Gasteiger partial charge in [0.25, 0.3) is 0 Å². The Morgan fingerprint density at radius 3 is 2.53 bits per heavy atom. The Hall–Kier alpha value is -0.540. The minimum absolute atomic E-state index is 0.700. The molecule has 0 spiro atoms. The molecule has 4 heteroatoms. The third-order valence-corrected chi connectivity index (χ3v) is 3.77. The van der Waals surface area contributed by atoms with E-state index in [4.69, 9.17) is 11.6 Å². The van der Waals surface area contributed by atoms with E-state index in [0.717, 1.165) is 30.0 Å². The third-order valence-electron chi connectivity index (χ3n) is 3.29. The Labute approximate surface area is 109 Å². The molecule has 2 rings (SSSR count). The predicted molar refractivity (Wildman–Crippen MR) is 71.2 cm³/mol. The van der Waals surface area contributed by atoms with Crippen LogP contribution in [0.2, 0.25) is 5.15 Å². The van der Waals surface area contributed by atoms with Crippen LogP contribution in [0, 0.1) is 12.8 Å². The van der Waals surface area contributed by atoms with Gasteiger partial charge in [-0.05, 0) is 25.7 Å². The van der Waals surface area contributed by atoms with Gasteiger partial charge in [-0.15, -0.1) is 0 Å². The molecule has 1 fully saturated rings. The summed E-state index contributed by atoms with van der Waals surface area (Å²) in [5, 5.41) is 5.17. The molecule has 0 radical (unpaired) electrons. The minimum Gasteiger partial charge on any atom is -0.296 e. The van der Waals surface area contributed by atoms with Crippen LogP contribution in [0.25, 0.3) is 0 Å². The number of nitrogens with zero attached hydrogens (tertiary/aromatic N) is 3. The Bertz CT molecular complexity index is 394. The van der Waals surface area contributed by atoms with Gasteiger partial charge >= 0.3 is 0 Å². The second kappa shape index (κ2) is 4.99. The molecule has 0 saturated heterocycles. The first-order valence-corrected chi connectivity index (χ1v) is 6.79. The van der Waals surface area contributed by atoms with Gasteiger partial charge in [-0.25, -0.2) is 0 Å². The summed E-state index contributed by atoms with van der Waals surface area (Å²) in [6, 6.07) is 0.771. The maximum atomic E-state index is 6.29. The summed E-state index contributed by atoms with van der Waals surface area (Å²) in [5.74, 6) is 0.700. The van der Waals surface area contributed by atoms with Gasteiger partial charge in [0.15, 0.2) is 0 Å². The Morgan fingerprint density at radius 2 is 2.12 bits per heavy atom. The van der Waals surface area contributed by atoms with Crippen molar-refractivity contribution in [2.45, 2.75) is 46.2 Å². The van der Waals surface area contributed by atoms with Gasteiger partial charge in [-0.1, -0.05) is 25.4 Å². The topological polar surface area (TPSA) is 21.1 Å². The van der Waals surface area contributed by atoms with E-state index < -0.39 is 0 Å². The molecule has 96 valence electrons. The van der Waals surface area contributed by atoms with Crippen LogP contribution >= 0.6 is 11.6 Å². The second-order valence-corrected chi connectivity index (χ2v) is 5.89. The molecule has 3 nitrogen and oxygen atoms in total. The van der Waals surface area contributed by atoms with E-state index >= 15 is 0 Å². The van der Waals surface area contributed by atoms with Gasteiger partial charge < -0.3 is 0 Å². The minimum atomic E-state index is 0.700. The average Bonchev–Trinajstić information content (AvgIpc) is 3.02. The first-order valence-electron chi connectivity index (χ1n) is 6.41. The molecule has 1 saturated carbocycles. The molecule has 0 aliphatic heterocycles. The van der Waals surface area contributed by atoms with E-state index in [1.165, 1.54) is 18.4 Å². The summed E-state index contributed by atoms with van der Waals surface area (Å²) in [6.45, 7) is 8.68. The zero-order valence-corrected chi connectivity index (χ0v) is 12.0. The molecule has 0 aromatic carbocycles. The Kier molecular flexibility index (Phi) is 3.79. The highest BCUT2D eigenvalue weighted by molar-refractivity contribution is 6.30. The molecule has 0 N–H and O–H groups in total. The second-order valence-electron chi connectivity index (χ2n) is 5.53. The molecule has 1 aromatic rings. The highest BCUT2D eigenvalue weighted by atomic mass is 35.5. The maximum absolute atomic E-state index is 6.29. The van der Waals surface area contributed by atoms with Crippen LogP contribution in [0.5, 0.6) is 0 Å². The highest BCUT2D eigenvalue weighted by Crippen LogP contribution is 2.31. The van der Waals surface area contributed by atoms with Gasteiger partial charge in [0.05, 0.1) is 5.69 Å². The molecule has 1 aliphatic rings. The fraction of sp³-hybridized carbons (Fsp3) is 0.769. The molecular formula is C13H22ClN3. The molecule has 0 unspecified atom stereocenters. The Balaban J connectivity index is 2.11. The van der Waals surface area contributed by atoms with Crippen LogP contribution in [0.4, 0.5) is 0 Å². The monoisotopic (exact) mass is 255 g/mol. The van der Waals surface area contributed by atoms with Gasteiger partial charge in [0, 0.05) is 31.7 Å². The molecule has 0 bridgehead atoms. The Morgan fingerprint density at radius 1 is 1.47 bits per heavy atom. The summed E-state index contributed by atoms with van der Waals surface area (Å²) in [5.41, 5.74) is 2.26. The van der Waals surface area contributed by atoms with Crippen molar-refractivity contribution < 1.29 is 0 Å². The van der Waals surface area contributed by atoms with E-state index in [1.54, 1.807) is 4.68 Å². The third kappa shape index (κ3) is 3.02. The fourth-order valence-electron chi connectivity index (χ4n) is 2.31. The van der Waals surface area contributed by atoms with Crippen molar-refractivity contribution in [2.24, 2.45) is 13.0 Å². The summed E-state index contributed by atoms with van der Waals surface area (Å²) < 4.78 is 1.77. The van der Waals surface area contributed by atoms with Crippen LogP contribution in [0.1, 0.15) is 37.9 Å².